The molecular formula is C18H15BrFNO4. The number of amides is 1. The lowest BCUT2D eigenvalue weighted by molar-refractivity contribution is -0.144. The molecule has 7 heteroatoms. The van der Waals surface area contributed by atoms with Gasteiger partial charge in [0.25, 0.3) is 5.91 Å². The van der Waals surface area contributed by atoms with Gasteiger partial charge < -0.3 is 10.1 Å². The zero-order valence-corrected chi connectivity index (χ0v) is 14.9. The van der Waals surface area contributed by atoms with Crippen molar-refractivity contribution in [3.8, 4) is 0 Å². The van der Waals surface area contributed by atoms with Crippen LogP contribution >= 0.6 is 15.9 Å². The molecule has 0 saturated carbocycles. The SMILES string of the molecule is C[C@H](NC(=O)c1ccc(Br)cc1)C(=O)OCC(=O)c1ccc(F)cc1. The van der Waals surface area contributed by atoms with Crippen LogP contribution in [0.25, 0.3) is 0 Å². The molecule has 0 aliphatic carbocycles. The maximum atomic E-state index is 12.8. The molecule has 2 aromatic carbocycles. The number of hydrogen-bond donors (Lipinski definition) is 1. The van der Waals surface area contributed by atoms with Gasteiger partial charge in [-0.25, -0.2) is 9.18 Å². The van der Waals surface area contributed by atoms with Crippen molar-refractivity contribution in [3.05, 3.63) is 69.9 Å². The number of ketones is 1. The fourth-order valence-electron chi connectivity index (χ4n) is 1.92. The van der Waals surface area contributed by atoms with Gasteiger partial charge in [0.05, 0.1) is 0 Å². The topological polar surface area (TPSA) is 72.5 Å². The molecule has 130 valence electrons. The molecule has 0 bridgehead atoms. The van der Waals surface area contributed by atoms with E-state index in [1.54, 1.807) is 24.3 Å². The highest BCUT2D eigenvalue weighted by molar-refractivity contribution is 9.10. The Morgan fingerprint density at radius 3 is 2.20 bits per heavy atom. The number of ether oxygens (including phenoxy) is 1. The summed E-state index contributed by atoms with van der Waals surface area (Å²) in [5, 5.41) is 2.50. The Hall–Kier alpha value is -2.54. The maximum absolute atomic E-state index is 12.8. The number of esters is 1. The van der Waals surface area contributed by atoms with Gasteiger partial charge in [-0.15, -0.1) is 0 Å². The van der Waals surface area contributed by atoms with Gasteiger partial charge in [-0.3, -0.25) is 9.59 Å². The molecule has 0 aliphatic heterocycles. The lowest BCUT2D eigenvalue weighted by Crippen LogP contribution is -2.40. The van der Waals surface area contributed by atoms with E-state index in [-0.39, 0.29) is 5.56 Å². The molecule has 0 radical (unpaired) electrons. The molecule has 25 heavy (non-hydrogen) atoms. The Bertz CT molecular complexity index is 775. The van der Waals surface area contributed by atoms with Gasteiger partial charge in [-0.05, 0) is 55.5 Å². The van der Waals surface area contributed by atoms with E-state index in [1.807, 2.05) is 0 Å². The summed E-state index contributed by atoms with van der Waals surface area (Å²) in [6.07, 6.45) is 0. The largest absolute Gasteiger partial charge is 0.456 e. The van der Waals surface area contributed by atoms with Crippen LogP contribution in [-0.2, 0) is 9.53 Å². The van der Waals surface area contributed by atoms with Crippen LogP contribution in [0.1, 0.15) is 27.6 Å². The van der Waals surface area contributed by atoms with Crippen LogP contribution in [0.3, 0.4) is 0 Å². The van der Waals surface area contributed by atoms with E-state index in [2.05, 4.69) is 21.2 Å². The van der Waals surface area contributed by atoms with Crippen molar-refractivity contribution in [1.29, 1.82) is 0 Å². The van der Waals surface area contributed by atoms with Crippen molar-refractivity contribution >= 4 is 33.6 Å². The summed E-state index contributed by atoms with van der Waals surface area (Å²) in [6, 6.07) is 10.6. The third-order valence-electron chi connectivity index (χ3n) is 3.32. The van der Waals surface area contributed by atoms with Crippen molar-refractivity contribution in [1.82, 2.24) is 5.32 Å². The average Bonchev–Trinajstić information content (AvgIpc) is 2.60. The molecule has 2 rings (SSSR count). The van der Waals surface area contributed by atoms with Crippen molar-refractivity contribution < 1.29 is 23.5 Å². The Morgan fingerprint density at radius 1 is 1.04 bits per heavy atom. The number of benzene rings is 2. The van der Waals surface area contributed by atoms with Crippen LogP contribution in [-0.4, -0.2) is 30.3 Å². The summed E-state index contributed by atoms with van der Waals surface area (Å²) < 4.78 is 18.5. The molecule has 0 unspecified atom stereocenters. The molecule has 0 fully saturated rings. The Balaban J connectivity index is 1.85. The number of carbonyl (C=O) groups is 3. The quantitative estimate of drug-likeness (QED) is 0.589. The van der Waals surface area contributed by atoms with Gasteiger partial charge in [-0.2, -0.15) is 0 Å². The number of Topliss-reactive ketones (excluding diaryl/α,β-unsaturated/α-hetero) is 1. The van der Waals surface area contributed by atoms with E-state index in [1.165, 1.54) is 19.1 Å². The minimum atomic E-state index is -0.919. The van der Waals surface area contributed by atoms with E-state index in [9.17, 15) is 18.8 Å². The summed E-state index contributed by atoms with van der Waals surface area (Å²) in [6.45, 7) is 0.977. The van der Waals surface area contributed by atoms with Crippen LogP contribution in [0.2, 0.25) is 0 Å². The van der Waals surface area contributed by atoms with Crippen molar-refractivity contribution in [3.63, 3.8) is 0 Å². The van der Waals surface area contributed by atoms with Gasteiger partial charge in [0.2, 0.25) is 0 Å². The molecule has 1 atom stereocenters. The van der Waals surface area contributed by atoms with Crippen molar-refractivity contribution in [2.75, 3.05) is 6.61 Å². The average molecular weight is 408 g/mol. The van der Waals surface area contributed by atoms with E-state index >= 15 is 0 Å². The number of nitrogens with one attached hydrogen (secondary N) is 1. The standard InChI is InChI=1S/C18H15BrFNO4/c1-11(21-17(23)13-2-6-14(19)7-3-13)18(24)25-10-16(22)12-4-8-15(20)9-5-12/h2-9,11H,10H2,1H3,(H,21,23)/t11-/m0/s1. The normalized spacial score (nSPS) is 11.5. The van der Waals surface area contributed by atoms with Crippen molar-refractivity contribution in [2.24, 2.45) is 0 Å². The zero-order valence-electron chi connectivity index (χ0n) is 13.3. The maximum Gasteiger partial charge on any atom is 0.328 e. The molecule has 2 aromatic rings. The summed E-state index contributed by atoms with van der Waals surface area (Å²) in [5.41, 5.74) is 0.631. The van der Waals surface area contributed by atoms with Gasteiger partial charge in [0.1, 0.15) is 11.9 Å². The molecule has 0 aromatic heterocycles. The van der Waals surface area contributed by atoms with E-state index < -0.39 is 36.1 Å². The summed E-state index contributed by atoms with van der Waals surface area (Å²) >= 11 is 3.27. The summed E-state index contributed by atoms with van der Waals surface area (Å²) in [5.74, 6) is -2.08. The fraction of sp³-hybridized carbons (Fsp3) is 0.167. The predicted octanol–water partition coefficient (Wildman–Crippen LogP) is 3.13. The second-order valence-electron chi connectivity index (χ2n) is 5.24. The number of rotatable bonds is 6. The minimum absolute atomic E-state index is 0.237. The predicted molar refractivity (Wildman–Crippen MR) is 92.8 cm³/mol. The number of carbonyl (C=O) groups excluding carboxylic acids is 3. The Morgan fingerprint density at radius 2 is 1.60 bits per heavy atom. The molecule has 0 aliphatic rings. The van der Waals surface area contributed by atoms with Crippen LogP contribution < -0.4 is 5.32 Å². The summed E-state index contributed by atoms with van der Waals surface area (Å²) in [4.78, 5) is 35.8. The van der Waals surface area contributed by atoms with Crippen LogP contribution in [0.5, 0.6) is 0 Å². The van der Waals surface area contributed by atoms with Crippen LogP contribution in [0.4, 0.5) is 4.39 Å². The molecule has 5 nitrogen and oxygen atoms in total. The third-order valence-corrected chi connectivity index (χ3v) is 3.85. The molecule has 0 heterocycles. The Labute approximate surface area is 152 Å². The second kappa shape index (κ2) is 8.53. The first kappa shape index (κ1) is 18.8. The monoisotopic (exact) mass is 407 g/mol. The first-order chi connectivity index (χ1) is 11.9. The molecule has 0 saturated heterocycles. The van der Waals surface area contributed by atoms with Crippen LogP contribution in [0, 0.1) is 5.82 Å². The fourth-order valence-corrected chi connectivity index (χ4v) is 2.19. The summed E-state index contributed by atoms with van der Waals surface area (Å²) in [7, 11) is 0. The van der Waals surface area contributed by atoms with Gasteiger partial charge in [0, 0.05) is 15.6 Å². The zero-order chi connectivity index (χ0) is 18.4. The number of halogens is 2. The van der Waals surface area contributed by atoms with Crippen molar-refractivity contribution in [2.45, 2.75) is 13.0 Å². The second-order valence-corrected chi connectivity index (χ2v) is 6.16. The lowest BCUT2D eigenvalue weighted by Gasteiger charge is -2.13. The van der Waals surface area contributed by atoms with E-state index in [0.29, 0.717) is 5.56 Å². The van der Waals surface area contributed by atoms with E-state index in [0.717, 1.165) is 16.6 Å². The lowest BCUT2D eigenvalue weighted by atomic mass is 10.1. The highest BCUT2D eigenvalue weighted by atomic mass is 79.9. The molecular weight excluding hydrogens is 393 g/mol. The molecule has 1 N–H and O–H groups in total. The minimum Gasteiger partial charge on any atom is -0.456 e. The first-order valence-electron chi connectivity index (χ1n) is 7.38. The third kappa shape index (κ3) is 5.49. The number of hydrogen-bond acceptors (Lipinski definition) is 4. The van der Waals surface area contributed by atoms with Crippen LogP contribution in [0.15, 0.2) is 53.0 Å². The van der Waals surface area contributed by atoms with E-state index in [4.69, 9.17) is 4.74 Å². The smallest absolute Gasteiger partial charge is 0.328 e. The van der Waals surface area contributed by atoms with Gasteiger partial charge in [-0.1, -0.05) is 15.9 Å². The van der Waals surface area contributed by atoms with Gasteiger partial charge in [0.15, 0.2) is 12.4 Å². The Kier molecular flexibility index (Phi) is 6.41. The first-order valence-corrected chi connectivity index (χ1v) is 8.18. The van der Waals surface area contributed by atoms with Gasteiger partial charge >= 0.3 is 5.97 Å². The molecule has 1 amide bonds. The highest BCUT2D eigenvalue weighted by Gasteiger charge is 2.19. The highest BCUT2D eigenvalue weighted by Crippen LogP contribution is 2.10. The molecule has 0 spiro atoms.